The Hall–Kier alpha value is -2.79. The second kappa shape index (κ2) is 8.35. The summed E-state index contributed by atoms with van der Waals surface area (Å²) < 4.78 is 5.15. The maximum atomic E-state index is 6.00. The van der Waals surface area contributed by atoms with Crippen LogP contribution in [0.25, 0.3) is 0 Å². The normalized spacial score (nSPS) is 10.3. The van der Waals surface area contributed by atoms with Gasteiger partial charge in [0.2, 0.25) is 5.95 Å². The van der Waals surface area contributed by atoms with Gasteiger partial charge in [0.15, 0.2) is 0 Å². The van der Waals surface area contributed by atoms with Crippen molar-refractivity contribution < 1.29 is 4.74 Å². The molecule has 1 aromatic heterocycles. The Labute approximate surface area is 152 Å². The molecule has 0 saturated carbocycles. The van der Waals surface area contributed by atoms with Crippen LogP contribution in [0.15, 0.2) is 60.8 Å². The predicted molar refractivity (Wildman–Crippen MR) is 102 cm³/mol. The molecule has 0 bridgehead atoms. The summed E-state index contributed by atoms with van der Waals surface area (Å²) in [7, 11) is 1.65. The molecule has 5 nitrogen and oxygen atoms in total. The van der Waals surface area contributed by atoms with Gasteiger partial charge < -0.3 is 15.4 Å². The Morgan fingerprint density at radius 2 is 1.92 bits per heavy atom. The van der Waals surface area contributed by atoms with Crippen LogP contribution in [-0.2, 0) is 6.42 Å². The highest BCUT2D eigenvalue weighted by molar-refractivity contribution is 6.30. The summed E-state index contributed by atoms with van der Waals surface area (Å²) >= 11 is 6.00. The van der Waals surface area contributed by atoms with Crippen molar-refractivity contribution in [2.45, 2.75) is 6.42 Å². The molecule has 0 spiro atoms. The van der Waals surface area contributed by atoms with E-state index in [-0.39, 0.29) is 0 Å². The lowest BCUT2D eigenvalue weighted by molar-refractivity contribution is 0.415. The maximum absolute atomic E-state index is 6.00. The van der Waals surface area contributed by atoms with Gasteiger partial charge in [-0.25, -0.2) is 4.98 Å². The monoisotopic (exact) mass is 354 g/mol. The Kier molecular flexibility index (Phi) is 5.69. The number of ether oxygens (including phenoxy) is 1. The number of hydrogen-bond donors (Lipinski definition) is 2. The summed E-state index contributed by atoms with van der Waals surface area (Å²) in [4.78, 5) is 8.72. The van der Waals surface area contributed by atoms with Crippen LogP contribution >= 0.6 is 11.6 Å². The number of halogens is 1. The van der Waals surface area contributed by atoms with Gasteiger partial charge in [-0.15, -0.1) is 0 Å². The maximum Gasteiger partial charge on any atom is 0.224 e. The SMILES string of the molecule is COc1ccc(Nc2ccnc(NCCc3cccc(Cl)c3)n2)cc1. The largest absolute Gasteiger partial charge is 0.497 e. The zero-order chi connectivity index (χ0) is 17.5. The van der Waals surface area contributed by atoms with E-state index < -0.39 is 0 Å². The zero-order valence-electron chi connectivity index (χ0n) is 13.9. The first-order valence-corrected chi connectivity index (χ1v) is 8.33. The molecule has 128 valence electrons. The molecule has 0 unspecified atom stereocenters. The molecule has 0 fully saturated rings. The molecule has 0 saturated heterocycles. The molecule has 6 heteroatoms. The molecule has 0 radical (unpaired) electrons. The van der Waals surface area contributed by atoms with Gasteiger partial charge in [0.25, 0.3) is 0 Å². The van der Waals surface area contributed by atoms with Gasteiger partial charge in [-0.1, -0.05) is 23.7 Å². The van der Waals surface area contributed by atoms with Crippen molar-refractivity contribution in [3.8, 4) is 5.75 Å². The fourth-order valence-electron chi connectivity index (χ4n) is 2.35. The third-order valence-electron chi connectivity index (χ3n) is 3.60. The molecule has 0 aliphatic heterocycles. The van der Waals surface area contributed by atoms with Gasteiger partial charge in [-0.3, -0.25) is 0 Å². The van der Waals surface area contributed by atoms with Gasteiger partial charge >= 0.3 is 0 Å². The Bertz CT molecular complexity index is 824. The molecule has 3 rings (SSSR count). The number of nitrogens with zero attached hydrogens (tertiary/aromatic N) is 2. The zero-order valence-corrected chi connectivity index (χ0v) is 14.6. The predicted octanol–water partition coefficient (Wildman–Crippen LogP) is 4.54. The average Bonchev–Trinajstić information content (AvgIpc) is 2.63. The molecule has 0 aliphatic rings. The first-order chi connectivity index (χ1) is 12.2. The number of methoxy groups -OCH3 is 1. The van der Waals surface area contributed by atoms with E-state index in [9.17, 15) is 0 Å². The van der Waals surface area contributed by atoms with E-state index in [0.29, 0.717) is 5.95 Å². The van der Waals surface area contributed by atoms with Crippen LogP contribution in [0.2, 0.25) is 5.02 Å². The van der Waals surface area contributed by atoms with Crippen LogP contribution in [0.5, 0.6) is 5.75 Å². The number of hydrogen-bond acceptors (Lipinski definition) is 5. The van der Waals surface area contributed by atoms with Crippen molar-refractivity contribution in [3.63, 3.8) is 0 Å². The Morgan fingerprint density at radius 3 is 2.68 bits per heavy atom. The fourth-order valence-corrected chi connectivity index (χ4v) is 2.56. The lowest BCUT2D eigenvalue weighted by atomic mass is 10.1. The van der Waals surface area contributed by atoms with Gasteiger partial charge in [-0.05, 0) is 54.4 Å². The minimum Gasteiger partial charge on any atom is -0.497 e. The molecular weight excluding hydrogens is 336 g/mol. The van der Waals surface area contributed by atoms with E-state index in [1.54, 1.807) is 13.3 Å². The van der Waals surface area contributed by atoms with Crippen LogP contribution < -0.4 is 15.4 Å². The quantitative estimate of drug-likeness (QED) is 0.652. The molecule has 2 aromatic carbocycles. The third kappa shape index (κ3) is 5.09. The third-order valence-corrected chi connectivity index (χ3v) is 3.84. The summed E-state index contributed by atoms with van der Waals surface area (Å²) in [5, 5.41) is 7.23. The van der Waals surface area contributed by atoms with E-state index in [0.717, 1.165) is 35.2 Å². The van der Waals surface area contributed by atoms with Crippen LogP contribution in [0.1, 0.15) is 5.56 Å². The second-order valence-electron chi connectivity index (χ2n) is 5.43. The van der Waals surface area contributed by atoms with Gasteiger partial charge in [0, 0.05) is 23.5 Å². The average molecular weight is 355 g/mol. The molecular formula is C19H19ClN4O. The van der Waals surface area contributed by atoms with E-state index in [4.69, 9.17) is 16.3 Å². The molecule has 1 heterocycles. The first-order valence-electron chi connectivity index (χ1n) is 7.95. The van der Waals surface area contributed by atoms with Gasteiger partial charge in [0.05, 0.1) is 7.11 Å². The van der Waals surface area contributed by atoms with Crippen LogP contribution in [-0.4, -0.2) is 23.6 Å². The van der Waals surface area contributed by atoms with E-state index in [1.165, 1.54) is 5.56 Å². The topological polar surface area (TPSA) is 59.1 Å². The number of benzene rings is 2. The molecule has 3 aromatic rings. The fraction of sp³-hybridized carbons (Fsp3) is 0.158. The smallest absolute Gasteiger partial charge is 0.224 e. The summed E-state index contributed by atoms with van der Waals surface area (Å²) in [6.07, 6.45) is 2.57. The van der Waals surface area contributed by atoms with Crippen LogP contribution in [0, 0.1) is 0 Å². The van der Waals surface area contributed by atoms with E-state index in [1.807, 2.05) is 48.5 Å². The van der Waals surface area contributed by atoms with Crippen molar-refractivity contribution in [1.29, 1.82) is 0 Å². The second-order valence-corrected chi connectivity index (χ2v) is 5.86. The van der Waals surface area contributed by atoms with E-state index in [2.05, 4.69) is 26.7 Å². The van der Waals surface area contributed by atoms with Crippen molar-refractivity contribution >= 4 is 29.1 Å². The molecule has 0 atom stereocenters. The summed E-state index contributed by atoms with van der Waals surface area (Å²) in [6, 6.07) is 17.3. The minimum absolute atomic E-state index is 0.584. The van der Waals surface area contributed by atoms with Crippen molar-refractivity contribution in [2.75, 3.05) is 24.3 Å². The number of aromatic nitrogens is 2. The lowest BCUT2D eigenvalue weighted by Gasteiger charge is -2.09. The highest BCUT2D eigenvalue weighted by Crippen LogP contribution is 2.19. The number of anilines is 3. The van der Waals surface area contributed by atoms with Crippen LogP contribution in [0.4, 0.5) is 17.5 Å². The number of nitrogens with one attached hydrogen (secondary N) is 2. The van der Waals surface area contributed by atoms with Crippen molar-refractivity contribution in [2.24, 2.45) is 0 Å². The molecule has 2 N–H and O–H groups in total. The Morgan fingerprint density at radius 1 is 1.08 bits per heavy atom. The highest BCUT2D eigenvalue weighted by atomic mass is 35.5. The van der Waals surface area contributed by atoms with Crippen molar-refractivity contribution in [3.05, 3.63) is 71.4 Å². The summed E-state index contributed by atoms with van der Waals surface area (Å²) in [6.45, 7) is 0.729. The highest BCUT2D eigenvalue weighted by Gasteiger charge is 2.01. The first kappa shape index (κ1) is 17.0. The summed E-state index contributed by atoms with van der Waals surface area (Å²) in [5.41, 5.74) is 2.11. The van der Waals surface area contributed by atoms with Crippen molar-refractivity contribution in [1.82, 2.24) is 9.97 Å². The standard InChI is InChI=1S/C19H19ClN4O/c1-25-17-7-5-16(6-8-17)23-18-10-12-22-19(24-18)21-11-9-14-3-2-4-15(20)13-14/h2-8,10,12-13H,9,11H2,1H3,(H2,21,22,23,24). The van der Waals surface area contributed by atoms with Gasteiger partial charge in [-0.2, -0.15) is 4.98 Å². The van der Waals surface area contributed by atoms with E-state index >= 15 is 0 Å². The summed E-state index contributed by atoms with van der Waals surface area (Å²) in [5.74, 6) is 2.13. The van der Waals surface area contributed by atoms with Crippen LogP contribution in [0.3, 0.4) is 0 Å². The molecule has 0 amide bonds. The lowest BCUT2D eigenvalue weighted by Crippen LogP contribution is -2.08. The molecule has 0 aliphatic carbocycles. The Balaban J connectivity index is 1.57. The molecule has 25 heavy (non-hydrogen) atoms. The van der Waals surface area contributed by atoms with Gasteiger partial charge in [0.1, 0.15) is 11.6 Å². The number of rotatable bonds is 7. The minimum atomic E-state index is 0.584.